The Morgan fingerprint density at radius 3 is 1.63 bits per heavy atom. The van der Waals surface area contributed by atoms with Crippen molar-refractivity contribution in [3.8, 4) is 0 Å². The number of hydrogen-bond donors (Lipinski definition) is 0. The third kappa shape index (κ3) is 5.44. The van der Waals surface area contributed by atoms with E-state index in [2.05, 4.69) is 9.47 Å². The highest BCUT2D eigenvalue weighted by Crippen LogP contribution is 2.40. The van der Waals surface area contributed by atoms with E-state index < -0.39 is 59.2 Å². The average Bonchev–Trinajstić information content (AvgIpc) is 2.58. The van der Waals surface area contributed by atoms with Crippen LogP contribution >= 0.6 is 0 Å². The van der Waals surface area contributed by atoms with E-state index in [0.717, 1.165) is 14.2 Å². The highest BCUT2D eigenvalue weighted by atomic mass is 19.4. The summed E-state index contributed by atoms with van der Waals surface area (Å²) in [5.41, 5.74) is -3.96. The van der Waals surface area contributed by atoms with Crippen molar-refractivity contribution in [2.24, 2.45) is 5.92 Å². The summed E-state index contributed by atoms with van der Waals surface area (Å²) in [5.74, 6) is -6.10. The summed E-state index contributed by atoms with van der Waals surface area (Å²) in [5, 5.41) is 0. The van der Waals surface area contributed by atoms with Gasteiger partial charge in [-0.15, -0.1) is 0 Å². The molecule has 0 radical (unpaired) electrons. The molecule has 5 nitrogen and oxygen atoms in total. The Morgan fingerprint density at radius 1 is 0.926 bits per heavy atom. The number of methoxy groups -OCH3 is 2. The monoisotopic (exact) mass is 400 g/mol. The molecule has 0 saturated carbocycles. The number of aldehydes is 1. The molecular formula is C16H14F6O5. The number of ether oxygens (including phenoxy) is 2. The third-order valence-corrected chi connectivity index (χ3v) is 3.70. The zero-order valence-corrected chi connectivity index (χ0v) is 14.0. The Morgan fingerprint density at radius 2 is 1.33 bits per heavy atom. The lowest BCUT2D eigenvalue weighted by atomic mass is 9.82. The summed E-state index contributed by atoms with van der Waals surface area (Å²) in [6.45, 7) is 0. The summed E-state index contributed by atoms with van der Waals surface area (Å²) >= 11 is 0. The molecule has 1 rings (SSSR count). The Balaban J connectivity index is 3.69. The Kier molecular flexibility index (Phi) is 6.99. The molecule has 1 aromatic rings. The Hall–Kier alpha value is -2.59. The van der Waals surface area contributed by atoms with Gasteiger partial charge >= 0.3 is 24.3 Å². The van der Waals surface area contributed by atoms with E-state index in [0.29, 0.717) is 12.1 Å². The van der Waals surface area contributed by atoms with E-state index in [-0.39, 0.29) is 12.4 Å². The molecule has 0 saturated heterocycles. The number of benzene rings is 1. The van der Waals surface area contributed by atoms with Crippen molar-refractivity contribution in [2.45, 2.75) is 24.7 Å². The van der Waals surface area contributed by atoms with Crippen LogP contribution < -0.4 is 0 Å². The Bertz CT molecular complexity index is 662. The molecular weight excluding hydrogens is 386 g/mol. The maximum absolute atomic E-state index is 13.0. The number of alkyl halides is 6. The highest BCUT2D eigenvalue weighted by Gasteiger charge is 2.41. The van der Waals surface area contributed by atoms with Crippen molar-refractivity contribution in [2.75, 3.05) is 14.2 Å². The molecule has 0 aliphatic heterocycles. The lowest BCUT2D eigenvalue weighted by Crippen LogP contribution is -2.33. The number of carbonyl (C=O) groups is 3. The maximum atomic E-state index is 13.0. The molecule has 0 bridgehead atoms. The zero-order valence-electron chi connectivity index (χ0n) is 14.0. The van der Waals surface area contributed by atoms with Crippen molar-refractivity contribution >= 4 is 18.2 Å². The fourth-order valence-corrected chi connectivity index (χ4v) is 2.44. The van der Waals surface area contributed by atoms with Crippen LogP contribution in [0.3, 0.4) is 0 Å². The maximum Gasteiger partial charge on any atom is 0.416 e. The van der Waals surface area contributed by atoms with Crippen molar-refractivity contribution in [1.82, 2.24) is 0 Å². The van der Waals surface area contributed by atoms with E-state index in [1.807, 2.05) is 0 Å². The third-order valence-electron chi connectivity index (χ3n) is 3.70. The number of halogens is 6. The van der Waals surface area contributed by atoms with Gasteiger partial charge in [-0.3, -0.25) is 9.59 Å². The molecule has 1 atom stereocenters. The smallest absolute Gasteiger partial charge is 0.416 e. The minimum Gasteiger partial charge on any atom is -0.468 e. The van der Waals surface area contributed by atoms with Gasteiger partial charge in [-0.25, -0.2) is 0 Å². The second-order valence-corrected chi connectivity index (χ2v) is 5.37. The summed E-state index contributed by atoms with van der Waals surface area (Å²) in [6, 6.07) is 0.595. The number of carbonyl (C=O) groups excluding carboxylic acids is 3. The van der Waals surface area contributed by atoms with Crippen molar-refractivity contribution in [3.63, 3.8) is 0 Å². The minimum absolute atomic E-state index is 0.104. The van der Waals surface area contributed by atoms with E-state index in [4.69, 9.17) is 0 Å². The van der Waals surface area contributed by atoms with Gasteiger partial charge in [0.1, 0.15) is 6.29 Å². The van der Waals surface area contributed by atoms with E-state index in [1.165, 1.54) is 0 Å². The first kappa shape index (κ1) is 22.5. The van der Waals surface area contributed by atoms with Crippen LogP contribution in [-0.4, -0.2) is 32.4 Å². The van der Waals surface area contributed by atoms with Crippen LogP contribution in [0.5, 0.6) is 0 Å². The highest BCUT2D eigenvalue weighted by molar-refractivity contribution is 5.96. The van der Waals surface area contributed by atoms with Crippen LogP contribution in [0.1, 0.15) is 29.0 Å². The van der Waals surface area contributed by atoms with Crippen LogP contribution in [0.2, 0.25) is 0 Å². The van der Waals surface area contributed by atoms with Gasteiger partial charge in [0.25, 0.3) is 0 Å². The van der Waals surface area contributed by atoms with Gasteiger partial charge in [0.05, 0.1) is 25.3 Å². The number of rotatable bonds is 6. The average molecular weight is 400 g/mol. The summed E-state index contributed by atoms with van der Waals surface area (Å²) in [4.78, 5) is 34.7. The summed E-state index contributed by atoms with van der Waals surface area (Å²) in [7, 11) is 1.73. The van der Waals surface area contributed by atoms with E-state index >= 15 is 0 Å². The number of hydrogen-bond acceptors (Lipinski definition) is 5. The van der Waals surface area contributed by atoms with Gasteiger partial charge in [0.15, 0.2) is 5.92 Å². The molecule has 11 heteroatoms. The molecule has 0 N–H and O–H groups in total. The predicted octanol–water partition coefficient (Wildman–Crippen LogP) is 3.36. The fourth-order valence-electron chi connectivity index (χ4n) is 2.44. The Labute approximate surface area is 149 Å². The molecule has 0 aliphatic rings. The molecule has 0 amide bonds. The largest absolute Gasteiger partial charge is 0.468 e. The lowest BCUT2D eigenvalue weighted by molar-refractivity contribution is -0.160. The van der Waals surface area contributed by atoms with Crippen LogP contribution in [-0.2, 0) is 36.2 Å². The van der Waals surface area contributed by atoms with Crippen LogP contribution in [0.4, 0.5) is 26.3 Å². The summed E-state index contributed by atoms with van der Waals surface area (Å²) < 4.78 is 86.9. The molecule has 0 fully saturated rings. The van der Waals surface area contributed by atoms with Gasteiger partial charge in [0.2, 0.25) is 0 Å². The molecule has 1 aromatic carbocycles. The fraction of sp³-hybridized carbons (Fsp3) is 0.438. The second kappa shape index (κ2) is 8.40. The van der Waals surface area contributed by atoms with Crippen molar-refractivity contribution in [3.05, 3.63) is 34.9 Å². The molecule has 0 spiro atoms. The van der Waals surface area contributed by atoms with Gasteiger partial charge in [-0.2, -0.15) is 26.3 Å². The number of esters is 2. The quantitative estimate of drug-likeness (QED) is 0.317. The van der Waals surface area contributed by atoms with Gasteiger partial charge < -0.3 is 14.3 Å². The summed E-state index contributed by atoms with van der Waals surface area (Å²) in [6.07, 6.45) is -10.8. The van der Waals surface area contributed by atoms with Gasteiger partial charge in [0, 0.05) is 12.3 Å². The SMILES string of the molecule is COC(=O)C(C(=O)OC)[C@H](CC=O)c1cc(C(F)(F)F)cc(C(F)(F)F)c1. The first-order chi connectivity index (χ1) is 12.4. The second-order valence-electron chi connectivity index (χ2n) is 5.37. The standard InChI is InChI=1S/C16H14F6O5/c1-26-13(24)12(14(25)27-2)11(3-4-23)8-5-9(15(17,18)19)7-10(6-8)16(20,21)22/h4-7,11-12H,3H2,1-2H3/t11-/m1/s1. The lowest BCUT2D eigenvalue weighted by Gasteiger charge is -2.24. The minimum atomic E-state index is -5.13. The molecule has 27 heavy (non-hydrogen) atoms. The zero-order chi connectivity index (χ0) is 21.0. The van der Waals surface area contributed by atoms with Gasteiger partial charge in [-0.1, -0.05) is 0 Å². The molecule has 0 unspecified atom stereocenters. The molecule has 0 aromatic heterocycles. The first-order valence-corrected chi connectivity index (χ1v) is 7.25. The van der Waals surface area contributed by atoms with Crippen LogP contribution in [0, 0.1) is 5.92 Å². The molecule has 0 aliphatic carbocycles. The van der Waals surface area contributed by atoms with E-state index in [1.54, 1.807) is 0 Å². The molecule has 150 valence electrons. The van der Waals surface area contributed by atoms with Crippen molar-refractivity contribution < 1.29 is 50.2 Å². The molecule has 0 heterocycles. The normalized spacial score (nSPS) is 13.2. The van der Waals surface area contributed by atoms with Crippen LogP contribution in [0.25, 0.3) is 0 Å². The van der Waals surface area contributed by atoms with E-state index in [9.17, 15) is 40.7 Å². The van der Waals surface area contributed by atoms with Crippen molar-refractivity contribution in [1.29, 1.82) is 0 Å². The van der Waals surface area contributed by atoms with Crippen LogP contribution in [0.15, 0.2) is 18.2 Å². The first-order valence-electron chi connectivity index (χ1n) is 7.25. The predicted molar refractivity (Wildman–Crippen MR) is 77.4 cm³/mol. The van der Waals surface area contributed by atoms with Gasteiger partial charge in [-0.05, 0) is 23.8 Å². The topological polar surface area (TPSA) is 69.7 Å².